The van der Waals surface area contributed by atoms with Gasteiger partial charge in [-0.25, -0.2) is 9.97 Å². The predicted molar refractivity (Wildman–Crippen MR) is 108 cm³/mol. The lowest BCUT2D eigenvalue weighted by Gasteiger charge is -2.36. The number of nitrogens with one attached hydrogen (secondary N) is 2. The Balaban J connectivity index is 1.32. The maximum atomic E-state index is 12.8. The fourth-order valence-corrected chi connectivity index (χ4v) is 3.65. The van der Waals surface area contributed by atoms with Crippen molar-refractivity contribution < 1.29 is 22.7 Å². The Morgan fingerprint density at radius 2 is 2.06 bits per heavy atom. The van der Waals surface area contributed by atoms with E-state index in [2.05, 4.69) is 25.6 Å². The zero-order valence-electron chi connectivity index (χ0n) is 17.3. The molecule has 0 unspecified atom stereocenters. The number of aromatic nitrogens is 3. The number of hydrogen-bond acceptors (Lipinski definition) is 7. The van der Waals surface area contributed by atoms with Gasteiger partial charge in [-0.05, 0) is 38.7 Å². The topological polar surface area (TPSA) is 92.3 Å². The van der Waals surface area contributed by atoms with E-state index in [1.165, 1.54) is 0 Å². The van der Waals surface area contributed by atoms with E-state index in [0.717, 1.165) is 31.2 Å². The van der Waals surface area contributed by atoms with Gasteiger partial charge in [-0.1, -0.05) is 0 Å². The van der Waals surface area contributed by atoms with Crippen LogP contribution in [0.25, 0.3) is 0 Å². The van der Waals surface area contributed by atoms with Crippen molar-refractivity contribution in [1.82, 2.24) is 15.0 Å². The molecular weight excluding hydrogens is 413 g/mol. The molecule has 1 saturated carbocycles. The number of hydrogen-bond donors (Lipinski definition) is 2. The SMILES string of the molecule is Cc1nc(N[C@H]2C[C@@H](COc3cc(C(F)(F)F)ccn3)C2)nc2c1NC(=O)[C@H](C)N2C. The molecule has 2 aromatic rings. The number of halogens is 3. The average molecular weight is 436 g/mol. The maximum Gasteiger partial charge on any atom is 0.416 e. The van der Waals surface area contributed by atoms with E-state index in [1.54, 1.807) is 6.92 Å². The Morgan fingerprint density at radius 1 is 1.32 bits per heavy atom. The summed E-state index contributed by atoms with van der Waals surface area (Å²) in [6.07, 6.45) is -1.77. The van der Waals surface area contributed by atoms with E-state index < -0.39 is 11.7 Å². The molecule has 1 atom stereocenters. The van der Waals surface area contributed by atoms with Crippen molar-refractivity contribution in [2.24, 2.45) is 5.92 Å². The third-order valence-corrected chi connectivity index (χ3v) is 5.71. The molecule has 2 N–H and O–H groups in total. The van der Waals surface area contributed by atoms with Crippen LogP contribution >= 0.6 is 0 Å². The molecule has 0 radical (unpaired) electrons. The Morgan fingerprint density at radius 3 is 2.77 bits per heavy atom. The Labute approximate surface area is 177 Å². The third kappa shape index (κ3) is 4.35. The number of fused-ring (bicyclic) bond motifs is 1. The van der Waals surface area contributed by atoms with Crippen LogP contribution < -0.4 is 20.3 Å². The fourth-order valence-electron chi connectivity index (χ4n) is 3.65. The van der Waals surface area contributed by atoms with Crippen LogP contribution in [0.15, 0.2) is 18.3 Å². The first-order chi connectivity index (χ1) is 14.6. The highest BCUT2D eigenvalue weighted by Gasteiger charge is 2.34. The largest absolute Gasteiger partial charge is 0.477 e. The molecule has 2 aromatic heterocycles. The zero-order chi connectivity index (χ0) is 22.3. The van der Waals surface area contributed by atoms with Gasteiger partial charge in [0, 0.05) is 25.4 Å². The highest BCUT2D eigenvalue weighted by atomic mass is 19.4. The molecule has 0 bridgehead atoms. The van der Waals surface area contributed by atoms with Gasteiger partial charge in [0.1, 0.15) is 11.7 Å². The molecule has 0 saturated heterocycles. The van der Waals surface area contributed by atoms with Crippen LogP contribution in [-0.4, -0.2) is 46.6 Å². The summed E-state index contributed by atoms with van der Waals surface area (Å²) < 4.78 is 43.8. The summed E-state index contributed by atoms with van der Waals surface area (Å²) in [6.45, 7) is 3.91. The molecular formula is C20H23F3N6O2. The van der Waals surface area contributed by atoms with Crippen molar-refractivity contribution >= 4 is 23.4 Å². The number of aryl methyl sites for hydroxylation is 1. The quantitative estimate of drug-likeness (QED) is 0.743. The highest BCUT2D eigenvalue weighted by Crippen LogP contribution is 2.35. The second-order valence-corrected chi connectivity index (χ2v) is 7.98. The number of likely N-dealkylation sites (N-methyl/N-ethyl adjacent to an activating group) is 1. The highest BCUT2D eigenvalue weighted by molar-refractivity contribution is 6.03. The molecule has 4 rings (SSSR count). The summed E-state index contributed by atoms with van der Waals surface area (Å²) in [7, 11) is 1.82. The number of carbonyl (C=O) groups excluding carboxylic acids is 1. The fraction of sp³-hybridized carbons (Fsp3) is 0.500. The smallest absolute Gasteiger partial charge is 0.416 e. The summed E-state index contributed by atoms with van der Waals surface area (Å²) in [5.41, 5.74) is 0.514. The summed E-state index contributed by atoms with van der Waals surface area (Å²) in [6, 6.07) is 1.64. The van der Waals surface area contributed by atoms with E-state index >= 15 is 0 Å². The third-order valence-electron chi connectivity index (χ3n) is 5.71. The average Bonchev–Trinajstić information content (AvgIpc) is 2.68. The molecule has 8 nitrogen and oxygen atoms in total. The van der Waals surface area contributed by atoms with Gasteiger partial charge in [0.15, 0.2) is 5.82 Å². The van der Waals surface area contributed by atoms with Crippen LogP contribution in [0.2, 0.25) is 0 Å². The van der Waals surface area contributed by atoms with E-state index in [4.69, 9.17) is 4.74 Å². The molecule has 1 aliphatic heterocycles. The number of rotatable bonds is 5. The van der Waals surface area contributed by atoms with Crippen LogP contribution in [0.3, 0.4) is 0 Å². The number of alkyl halides is 3. The normalized spacial score (nSPS) is 23.0. The minimum absolute atomic E-state index is 0.0286. The van der Waals surface area contributed by atoms with Crippen molar-refractivity contribution in [3.63, 3.8) is 0 Å². The van der Waals surface area contributed by atoms with Gasteiger partial charge < -0.3 is 20.3 Å². The van der Waals surface area contributed by atoms with E-state index in [0.29, 0.717) is 29.8 Å². The van der Waals surface area contributed by atoms with E-state index in [1.807, 2.05) is 18.9 Å². The van der Waals surface area contributed by atoms with E-state index in [9.17, 15) is 18.0 Å². The molecule has 0 spiro atoms. The Hall–Kier alpha value is -3.11. The monoisotopic (exact) mass is 436 g/mol. The second-order valence-electron chi connectivity index (χ2n) is 7.98. The van der Waals surface area contributed by atoms with Crippen LogP contribution in [0.4, 0.5) is 30.6 Å². The van der Waals surface area contributed by atoms with Crippen LogP contribution in [0.1, 0.15) is 31.0 Å². The Kier molecular flexibility index (Phi) is 5.36. The predicted octanol–water partition coefficient (Wildman–Crippen LogP) is 3.25. The molecule has 166 valence electrons. The number of ether oxygens (including phenoxy) is 1. The van der Waals surface area contributed by atoms with Gasteiger partial charge >= 0.3 is 6.18 Å². The van der Waals surface area contributed by atoms with Crippen molar-refractivity contribution in [2.75, 3.05) is 29.2 Å². The Bertz CT molecular complexity index is 993. The molecule has 31 heavy (non-hydrogen) atoms. The summed E-state index contributed by atoms with van der Waals surface area (Å²) >= 11 is 0. The van der Waals surface area contributed by atoms with Crippen molar-refractivity contribution in [1.29, 1.82) is 0 Å². The van der Waals surface area contributed by atoms with Crippen molar-refractivity contribution in [2.45, 2.75) is 44.9 Å². The maximum absolute atomic E-state index is 12.8. The number of nitrogens with zero attached hydrogens (tertiary/aromatic N) is 4. The minimum atomic E-state index is -4.42. The molecule has 3 heterocycles. The molecule has 0 aromatic carbocycles. The van der Waals surface area contributed by atoms with Crippen LogP contribution in [0.5, 0.6) is 5.88 Å². The first-order valence-electron chi connectivity index (χ1n) is 9.96. The lowest BCUT2D eigenvalue weighted by Crippen LogP contribution is -2.45. The minimum Gasteiger partial charge on any atom is -0.477 e. The second kappa shape index (κ2) is 7.86. The lowest BCUT2D eigenvalue weighted by atomic mass is 9.81. The van der Waals surface area contributed by atoms with Crippen LogP contribution in [-0.2, 0) is 11.0 Å². The van der Waals surface area contributed by atoms with E-state index in [-0.39, 0.29) is 29.8 Å². The molecule has 1 fully saturated rings. The lowest BCUT2D eigenvalue weighted by molar-refractivity contribution is -0.137. The summed E-state index contributed by atoms with van der Waals surface area (Å²) in [4.78, 5) is 26.7. The molecule has 1 aliphatic carbocycles. The van der Waals surface area contributed by atoms with Gasteiger partial charge in [-0.15, -0.1) is 0 Å². The number of pyridine rings is 1. The number of amides is 1. The summed E-state index contributed by atoms with van der Waals surface area (Å²) in [5, 5.41) is 6.13. The van der Waals surface area contributed by atoms with Crippen LogP contribution in [0, 0.1) is 12.8 Å². The first-order valence-corrected chi connectivity index (χ1v) is 9.96. The standard InChI is InChI=1S/C20H23F3N6O2/c1-10-16-17(29(3)11(2)18(30)27-16)28-19(25-10)26-14-6-12(7-14)9-31-15-8-13(4-5-24-15)20(21,22)23/h4-5,8,11-12,14H,6-7,9H2,1-3H3,(H,27,30)(H,25,26,28)/t11-,12-,14+/m0/s1. The van der Waals surface area contributed by atoms with Crippen molar-refractivity contribution in [3.05, 3.63) is 29.6 Å². The molecule has 1 amide bonds. The molecule has 11 heteroatoms. The van der Waals surface area contributed by atoms with Gasteiger partial charge in [-0.2, -0.15) is 18.2 Å². The van der Waals surface area contributed by atoms with Gasteiger partial charge in [0.05, 0.1) is 17.9 Å². The first kappa shape index (κ1) is 21.1. The number of carbonyl (C=O) groups is 1. The van der Waals surface area contributed by atoms with Gasteiger partial charge in [0.2, 0.25) is 17.7 Å². The number of anilines is 3. The summed E-state index contributed by atoms with van der Waals surface area (Å²) in [5.74, 6) is 1.22. The molecule has 2 aliphatic rings. The van der Waals surface area contributed by atoms with Gasteiger partial charge in [0.25, 0.3) is 0 Å². The van der Waals surface area contributed by atoms with Gasteiger partial charge in [-0.3, -0.25) is 4.79 Å². The zero-order valence-corrected chi connectivity index (χ0v) is 17.3. The van der Waals surface area contributed by atoms with Crippen molar-refractivity contribution in [3.8, 4) is 5.88 Å².